The molecule has 0 saturated carbocycles. The zero-order valence-electron chi connectivity index (χ0n) is 15.2. The Labute approximate surface area is 161 Å². The summed E-state index contributed by atoms with van der Waals surface area (Å²) in [4.78, 5) is 27.2. The molecule has 0 bridgehead atoms. The molecule has 28 heavy (non-hydrogen) atoms. The molecular weight excluding hydrogens is 368 g/mol. The Morgan fingerprint density at radius 2 is 1.93 bits per heavy atom. The number of alkyl halides is 1. The van der Waals surface area contributed by atoms with E-state index in [0.29, 0.717) is 6.54 Å². The first-order chi connectivity index (χ1) is 13.5. The van der Waals surface area contributed by atoms with Crippen molar-refractivity contribution < 1.29 is 23.1 Å². The molecule has 0 aromatic heterocycles. The maximum Gasteiger partial charge on any atom is 0.338 e. The summed E-state index contributed by atoms with van der Waals surface area (Å²) in [6.07, 6.45) is 0. The number of nitrogens with two attached hydrogens (primary N) is 1. The van der Waals surface area contributed by atoms with Crippen LogP contribution in [0.25, 0.3) is 0 Å². The van der Waals surface area contributed by atoms with Gasteiger partial charge >= 0.3 is 5.97 Å². The van der Waals surface area contributed by atoms with Gasteiger partial charge in [-0.3, -0.25) is 4.79 Å². The first kappa shape index (κ1) is 19.6. The number of ether oxygens (including phenoxy) is 1. The van der Waals surface area contributed by atoms with Gasteiger partial charge in [-0.15, -0.1) is 0 Å². The molecule has 2 aromatic rings. The van der Waals surface area contributed by atoms with Crippen molar-refractivity contribution in [3.8, 4) is 0 Å². The van der Waals surface area contributed by atoms with Gasteiger partial charge in [0.05, 0.1) is 23.5 Å². The van der Waals surface area contributed by atoms with Crippen molar-refractivity contribution in [2.75, 3.05) is 43.5 Å². The number of piperazine rings is 1. The molecule has 0 radical (unpaired) electrons. The molecule has 1 aliphatic heterocycles. The number of carbonyl (C=O) groups excluding carboxylic acids is 2. The fraction of sp³-hybridized carbons (Fsp3) is 0.300. The van der Waals surface area contributed by atoms with E-state index in [4.69, 9.17) is 10.5 Å². The van der Waals surface area contributed by atoms with Gasteiger partial charge in [0.1, 0.15) is 19.1 Å². The quantitative estimate of drug-likeness (QED) is 0.607. The molecule has 1 aliphatic rings. The lowest BCUT2D eigenvalue weighted by atomic mass is 10.1. The predicted octanol–water partition coefficient (Wildman–Crippen LogP) is 2.38. The van der Waals surface area contributed by atoms with Gasteiger partial charge < -0.3 is 20.3 Å². The molecule has 2 N–H and O–H groups in total. The normalized spacial score (nSPS) is 14.3. The van der Waals surface area contributed by atoms with Gasteiger partial charge in [-0.2, -0.15) is 0 Å². The summed E-state index contributed by atoms with van der Waals surface area (Å²) >= 11 is 0. The molecule has 0 unspecified atom stereocenters. The van der Waals surface area contributed by atoms with Crippen molar-refractivity contribution in [3.63, 3.8) is 0 Å². The van der Waals surface area contributed by atoms with Gasteiger partial charge in [0.25, 0.3) is 0 Å². The average molecular weight is 389 g/mol. The fourth-order valence-corrected chi connectivity index (χ4v) is 3.12. The minimum Gasteiger partial charge on any atom is -0.457 e. The summed E-state index contributed by atoms with van der Waals surface area (Å²) in [6, 6.07) is 11.5. The molecule has 2 aromatic carbocycles. The van der Waals surface area contributed by atoms with Crippen LogP contribution in [0.2, 0.25) is 0 Å². The fourth-order valence-electron chi connectivity index (χ4n) is 3.12. The molecule has 1 saturated heterocycles. The van der Waals surface area contributed by atoms with E-state index >= 15 is 0 Å². The molecule has 148 valence electrons. The zero-order chi connectivity index (χ0) is 20.1. The van der Waals surface area contributed by atoms with Crippen molar-refractivity contribution >= 4 is 23.3 Å². The molecule has 1 fully saturated rings. The number of hydrogen-bond acceptors (Lipinski definition) is 5. The molecule has 1 amide bonds. The van der Waals surface area contributed by atoms with Crippen molar-refractivity contribution in [3.05, 3.63) is 59.4 Å². The third-order valence-electron chi connectivity index (χ3n) is 4.53. The smallest absolute Gasteiger partial charge is 0.338 e. The Hall–Kier alpha value is -3.16. The highest BCUT2D eigenvalue weighted by molar-refractivity contribution is 5.93. The number of rotatable bonds is 6. The standard InChI is InChI=1S/C20H21F2N3O3/c21-6-7-24-8-9-25(12-18(24)26)19-16(22)10-15(11-17(19)23)20(27)28-13-14-4-2-1-3-5-14/h1-5,10-11H,6-9,12-13,23H2. The second-order valence-corrected chi connectivity index (χ2v) is 6.45. The SMILES string of the molecule is Nc1cc(C(=O)OCc2ccccc2)cc(F)c1N1CCN(CCF)C(=O)C1. The topological polar surface area (TPSA) is 75.9 Å². The minimum atomic E-state index is -0.710. The number of nitrogens with zero attached hydrogens (tertiary/aromatic N) is 2. The van der Waals surface area contributed by atoms with E-state index in [2.05, 4.69) is 0 Å². The summed E-state index contributed by atoms with van der Waals surface area (Å²) in [5.41, 5.74) is 6.87. The van der Waals surface area contributed by atoms with Crippen LogP contribution in [-0.2, 0) is 16.1 Å². The Morgan fingerprint density at radius 1 is 1.18 bits per heavy atom. The van der Waals surface area contributed by atoms with Gasteiger partial charge in [0, 0.05) is 19.6 Å². The maximum absolute atomic E-state index is 14.7. The Balaban J connectivity index is 1.70. The van der Waals surface area contributed by atoms with E-state index in [-0.39, 0.29) is 49.1 Å². The van der Waals surface area contributed by atoms with Crippen molar-refractivity contribution in [1.82, 2.24) is 4.90 Å². The van der Waals surface area contributed by atoms with Crippen molar-refractivity contribution in [2.45, 2.75) is 6.61 Å². The number of nitrogen functional groups attached to an aromatic ring is 1. The lowest BCUT2D eigenvalue weighted by Gasteiger charge is -2.35. The number of amides is 1. The molecule has 0 spiro atoms. The lowest BCUT2D eigenvalue weighted by molar-refractivity contribution is -0.131. The van der Waals surface area contributed by atoms with E-state index < -0.39 is 18.5 Å². The monoisotopic (exact) mass is 389 g/mol. The highest BCUT2D eigenvalue weighted by Crippen LogP contribution is 2.30. The molecule has 3 rings (SSSR count). The second-order valence-electron chi connectivity index (χ2n) is 6.45. The summed E-state index contributed by atoms with van der Waals surface area (Å²) in [6.45, 7) is -0.0288. The van der Waals surface area contributed by atoms with E-state index in [0.717, 1.165) is 11.6 Å². The van der Waals surface area contributed by atoms with Crippen LogP contribution in [0.15, 0.2) is 42.5 Å². The molecular formula is C20H21F2N3O3. The third kappa shape index (κ3) is 4.39. The van der Waals surface area contributed by atoms with Gasteiger partial charge in [0.15, 0.2) is 0 Å². The molecule has 1 heterocycles. The summed E-state index contributed by atoms with van der Waals surface area (Å²) in [5.74, 6) is -1.70. The van der Waals surface area contributed by atoms with Crippen molar-refractivity contribution in [1.29, 1.82) is 0 Å². The Morgan fingerprint density at radius 3 is 2.57 bits per heavy atom. The summed E-state index contributed by atoms with van der Waals surface area (Å²) in [7, 11) is 0. The van der Waals surface area contributed by atoms with Crippen molar-refractivity contribution in [2.24, 2.45) is 0 Å². The van der Waals surface area contributed by atoms with Crippen LogP contribution in [0.5, 0.6) is 0 Å². The van der Waals surface area contributed by atoms with Crippen LogP contribution in [-0.4, -0.2) is 49.6 Å². The molecule has 6 nitrogen and oxygen atoms in total. The number of benzene rings is 2. The number of esters is 1. The third-order valence-corrected chi connectivity index (χ3v) is 4.53. The van der Waals surface area contributed by atoms with Crippen LogP contribution in [0, 0.1) is 5.82 Å². The van der Waals surface area contributed by atoms with Gasteiger partial charge in [0.2, 0.25) is 5.91 Å². The number of anilines is 2. The first-order valence-corrected chi connectivity index (χ1v) is 8.88. The van der Waals surface area contributed by atoms with Crippen LogP contribution in [0.3, 0.4) is 0 Å². The number of halogens is 2. The Bertz CT molecular complexity index is 838. The molecule has 0 atom stereocenters. The van der Waals surface area contributed by atoms with Crippen LogP contribution < -0.4 is 10.6 Å². The van der Waals surface area contributed by atoms with Gasteiger partial charge in [-0.25, -0.2) is 13.6 Å². The molecule has 0 aliphatic carbocycles. The maximum atomic E-state index is 14.7. The van der Waals surface area contributed by atoms with Gasteiger partial charge in [-0.1, -0.05) is 30.3 Å². The van der Waals surface area contributed by atoms with Crippen LogP contribution >= 0.6 is 0 Å². The summed E-state index contributed by atoms with van der Waals surface area (Å²) < 4.78 is 32.3. The largest absolute Gasteiger partial charge is 0.457 e. The van der Waals surface area contributed by atoms with Gasteiger partial charge in [-0.05, 0) is 17.7 Å². The number of carbonyl (C=O) groups is 2. The zero-order valence-corrected chi connectivity index (χ0v) is 15.2. The Kier molecular flexibility index (Phi) is 6.08. The first-order valence-electron chi connectivity index (χ1n) is 8.88. The molecule has 8 heteroatoms. The predicted molar refractivity (Wildman–Crippen MR) is 101 cm³/mol. The average Bonchev–Trinajstić information content (AvgIpc) is 2.68. The van der Waals surface area contributed by atoms with E-state index in [1.54, 1.807) is 0 Å². The summed E-state index contributed by atoms with van der Waals surface area (Å²) in [5, 5.41) is 0. The lowest BCUT2D eigenvalue weighted by Crippen LogP contribution is -2.51. The second kappa shape index (κ2) is 8.69. The van der Waals surface area contributed by atoms with E-state index in [1.807, 2.05) is 30.3 Å². The van der Waals surface area contributed by atoms with Crippen LogP contribution in [0.1, 0.15) is 15.9 Å². The highest BCUT2D eigenvalue weighted by Gasteiger charge is 2.27. The van der Waals surface area contributed by atoms with Crippen LogP contribution in [0.4, 0.5) is 20.2 Å². The minimum absolute atomic E-state index is 0.00271. The highest BCUT2D eigenvalue weighted by atomic mass is 19.1. The number of hydrogen-bond donors (Lipinski definition) is 1. The van der Waals surface area contributed by atoms with E-state index in [9.17, 15) is 18.4 Å². The van der Waals surface area contributed by atoms with E-state index in [1.165, 1.54) is 15.9 Å².